The highest BCUT2D eigenvalue weighted by Crippen LogP contribution is 2.25. The highest BCUT2D eigenvalue weighted by Gasteiger charge is 2.25. The topological polar surface area (TPSA) is 55.6 Å². The molecule has 0 bridgehead atoms. The Morgan fingerprint density at radius 1 is 1.40 bits per heavy atom. The number of amides is 1. The molecule has 25 heavy (non-hydrogen) atoms. The van der Waals surface area contributed by atoms with E-state index < -0.39 is 0 Å². The second-order valence-electron chi connectivity index (χ2n) is 6.98. The van der Waals surface area contributed by atoms with Gasteiger partial charge in [-0.15, -0.1) is 0 Å². The van der Waals surface area contributed by atoms with Gasteiger partial charge in [0.2, 0.25) is 0 Å². The molecular weight excluding hydrogens is 358 g/mol. The van der Waals surface area contributed by atoms with Crippen LogP contribution in [0, 0.1) is 0 Å². The Morgan fingerprint density at radius 2 is 2.16 bits per heavy atom. The summed E-state index contributed by atoms with van der Waals surface area (Å²) in [7, 11) is 1.53. The summed E-state index contributed by atoms with van der Waals surface area (Å²) in [5.74, 6) is 0.139. The molecule has 0 spiro atoms. The third-order valence-electron chi connectivity index (χ3n) is 4.07. The van der Waals surface area contributed by atoms with Gasteiger partial charge in [0.15, 0.2) is 0 Å². The first kappa shape index (κ1) is 18.2. The number of methoxy groups -OCH3 is 1. The molecule has 2 heterocycles. The maximum Gasteiger partial charge on any atom is 0.282 e. The Balaban J connectivity index is 2.12. The van der Waals surface area contributed by atoms with Gasteiger partial charge in [0.05, 0.1) is 12.7 Å². The van der Waals surface area contributed by atoms with Crippen molar-refractivity contribution >= 4 is 29.0 Å². The molecular formula is C18H22ClN3O2S. The predicted octanol–water partition coefficient (Wildman–Crippen LogP) is 3.35. The maximum atomic E-state index is 12.8. The molecule has 2 aromatic rings. The summed E-state index contributed by atoms with van der Waals surface area (Å²) in [6.45, 7) is 8.16. The Bertz CT molecular complexity index is 877. The van der Waals surface area contributed by atoms with E-state index in [4.69, 9.17) is 16.3 Å². The van der Waals surface area contributed by atoms with Crippen molar-refractivity contribution < 1.29 is 9.53 Å². The number of hydrogen-bond donors (Lipinski definition) is 1. The fraction of sp³-hybridized carbons (Fsp3) is 0.444. The lowest BCUT2D eigenvalue weighted by Crippen LogP contribution is -2.30. The van der Waals surface area contributed by atoms with Crippen LogP contribution < -0.4 is 14.7 Å². The van der Waals surface area contributed by atoms with Crippen LogP contribution >= 0.6 is 23.1 Å². The standard InChI is InChI=1S/C18H22ClN3O2S/c1-18(2,3)22-14-7-8-20-10-13(14)17(25-22)21-16(23)12-9-11(19)5-6-15(12)24-4/h5-6,9,20H,7-8,10H2,1-4H3. The van der Waals surface area contributed by atoms with E-state index in [9.17, 15) is 4.79 Å². The van der Waals surface area contributed by atoms with Crippen LogP contribution in [0.2, 0.25) is 5.02 Å². The van der Waals surface area contributed by atoms with Gasteiger partial charge >= 0.3 is 0 Å². The molecule has 0 aliphatic carbocycles. The molecule has 1 aliphatic rings. The fourth-order valence-corrected chi connectivity index (χ4v) is 4.28. The van der Waals surface area contributed by atoms with Crippen molar-refractivity contribution in [2.75, 3.05) is 13.7 Å². The summed E-state index contributed by atoms with van der Waals surface area (Å²) in [6, 6.07) is 4.98. The average Bonchev–Trinajstić information content (AvgIpc) is 2.94. The minimum absolute atomic E-state index is 0.0450. The smallest absolute Gasteiger partial charge is 0.282 e. The van der Waals surface area contributed by atoms with E-state index in [-0.39, 0.29) is 11.4 Å². The van der Waals surface area contributed by atoms with Gasteiger partial charge in [-0.25, -0.2) is 0 Å². The van der Waals surface area contributed by atoms with E-state index >= 15 is 0 Å². The lowest BCUT2D eigenvalue weighted by Gasteiger charge is -2.25. The fourth-order valence-electron chi connectivity index (χ4n) is 2.92. The molecule has 134 valence electrons. The first-order valence-electron chi connectivity index (χ1n) is 8.19. The van der Waals surface area contributed by atoms with Crippen LogP contribution in [0.1, 0.15) is 42.4 Å². The van der Waals surface area contributed by atoms with Crippen molar-refractivity contribution in [3.05, 3.63) is 44.7 Å². The van der Waals surface area contributed by atoms with E-state index in [0.29, 0.717) is 16.3 Å². The molecule has 0 saturated heterocycles. The number of halogens is 1. The van der Waals surface area contributed by atoms with Gasteiger partial charge in [-0.2, -0.15) is 4.99 Å². The predicted molar refractivity (Wildman–Crippen MR) is 101 cm³/mol. The highest BCUT2D eigenvalue weighted by atomic mass is 35.5. The lowest BCUT2D eigenvalue weighted by molar-refractivity contribution is 0.0996. The first-order valence-corrected chi connectivity index (χ1v) is 9.34. The van der Waals surface area contributed by atoms with Gasteiger partial charge in [-0.05, 0) is 50.5 Å². The molecule has 1 amide bonds. The maximum absolute atomic E-state index is 12.8. The van der Waals surface area contributed by atoms with Crippen LogP contribution in [0.3, 0.4) is 0 Å². The highest BCUT2D eigenvalue weighted by molar-refractivity contribution is 7.04. The first-order chi connectivity index (χ1) is 11.8. The summed E-state index contributed by atoms with van der Waals surface area (Å²) in [4.78, 5) is 17.2. The zero-order valence-electron chi connectivity index (χ0n) is 14.9. The number of ether oxygens (including phenoxy) is 1. The second-order valence-corrected chi connectivity index (χ2v) is 8.35. The molecule has 7 heteroatoms. The molecule has 5 nitrogen and oxygen atoms in total. The molecule has 0 atom stereocenters. The quantitative estimate of drug-likeness (QED) is 0.870. The Hall–Kier alpha value is -1.63. The van der Waals surface area contributed by atoms with Crippen LogP contribution in [0.4, 0.5) is 0 Å². The minimum atomic E-state index is -0.338. The van der Waals surface area contributed by atoms with Gasteiger partial charge in [0, 0.05) is 41.3 Å². The van der Waals surface area contributed by atoms with Crippen molar-refractivity contribution in [1.82, 2.24) is 9.27 Å². The monoisotopic (exact) mass is 379 g/mol. The third kappa shape index (κ3) is 3.66. The van der Waals surface area contributed by atoms with Gasteiger partial charge in [0.1, 0.15) is 10.4 Å². The van der Waals surface area contributed by atoms with Crippen LogP contribution in [-0.4, -0.2) is 23.5 Å². The molecule has 0 radical (unpaired) electrons. The molecule has 1 aromatic carbocycles. The van der Waals surface area contributed by atoms with E-state index in [1.807, 2.05) is 0 Å². The zero-order chi connectivity index (χ0) is 18.2. The minimum Gasteiger partial charge on any atom is -0.496 e. The summed E-state index contributed by atoms with van der Waals surface area (Å²) in [6.07, 6.45) is 0.938. The van der Waals surface area contributed by atoms with E-state index in [1.165, 1.54) is 24.3 Å². The number of hydrogen-bond acceptors (Lipinski definition) is 4. The number of benzene rings is 1. The van der Waals surface area contributed by atoms with Crippen LogP contribution in [0.15, 0.2) is 23.2 Å². The Morgan fingerprint density at radius 3 is 2.84 bits per heavy atom. The van der Waals surface area contributed by atoms with Gasteiger partial charge in [-0.3, -0.25) is 8.75 Å². The summed E-state index contributed by atoms with van der Waals surface area (Å²) in [5.41, 5.74) is 2.71. The number of carbonyl (C=O) groups excluding carboxylic acids is 1. The lowest BCUT2D eigenvalue weighted by atomic mass is 10.1. The molecule has 1 aliphatic heterocycles. The number of aromatic nitrogens is 1. The number of nitrogens with one attached hydrogen (secondary N) is 1. The van der Waals surface area contributed by atoms with Crippen molar-refractivity contribution in [2.24, 2.45) is 4.99 Å². The van der Waals surface area contributed by atoms with Gasteiger partial charge < -0.3 is 10.1 Å². The molecule has 0 fully saturated rings. The largest absolute Gasteiger partial charge is 0.496 e. The Labute approximate surface area is 156 Å². The van der Waals surface area contributed by atoms with E-state index in [1.54, 1.807) is 18.2 Å². The molecule has 1 N–H and O–H groups in total. The van der Waals surface area contributed by atoms with Crippen molar-refractivity contribution in [3.63, 3.8) is 0 Å². The summed E-state index contributed by atoms with van der Waals surface area (Å²) in [5, 5.41) is 3.85. The van der Waals surface area contributed by atoms with Crippen LogP contribution in [0.5, 0.6) is 5.75 Å². The van der Waals surface area contributed by atoms with Crippen molar-refractivity contribution in [1.29, 1.82) is 0 Å². The number of fused-ring (bicyclic) bond motifs is 1. The van der Waals surface area contributed by atoms with Crippen LogP contribution in [-0.2, 0) is 18.5 Å². The number of carbonyl (C=O) groups is 1. The third-order valence-corrected chi connectivity index (χ3v) is 5.77. The molecule has 0 unspecified atom stereocenters. The number of rotatable bonds is 2. The van der Waals surface area contributed by atoms with Crippen LogP contribution in [0.25, 0.3) is 0 Å². The van der Waals surface area contributed by atoms with Crippen molar-refractivity contribution in [3.8, 4) is 5.75 Å². The van der Waals surface area contributed by atoms with E-state index in [0.717, 1.165) is 29.7 Å². The molecule has 1 aromatic heterocycles. The second kappa shape index (κ2) is 6.94. The molecule has 0 saturated carbocycles. The van der Waals surface area contributed by atoms with E-state index in [2.05, 4.69) is 35.0 Å². The Kier molecular flexibility index (Phi) is 5.04. The summed E-state index contributed by atoms with van der Waals surface area (Å²) >= 11 is 7.58. The number of nitrogens with zero attached hydrogens (tertiary/aromatic N) is 2. The SMILES string of the molecule is COc1ccc(Cl)cc1C(=O)N=c1sn(C(C)(C)C)c2c1CNCC2. The normalized spacial score (nSPS) is 15.2. The summed E-state index contributed by atoms with van der Waals surface area (Å²) < 4.78 is 8.30. The zero-order valence-corrected chi connectivity index (χ0v) is 16.4. The van der Waals surface area contributed by atoms with Gasteiger partial charge in [0.25, 0.3) is 5.91 Å². The van der Waals surface area contributed by atoms with Crippen molar-refractivity contribution in [2.45, 2.75) is 39.3 Å². The molecule has 3 rings (SSSR count). The average molecular weight is 380 g/mol. The van der Waals surface area contributed by atoms with Gasteiger partial charge in [-0.1, -0.05) is 11.6 Å².